The van der Waals surface area contributed by atoms with Crippen LogP contribution >= 0.6 is 0 Å². The molecule has 1 aliphatic heterocycles. The highest BCUT2D eigenvalue weighted by molar-refractivity contribution is 5.74. The lowest BCUT2D eigenvalue weighted by atomic mass is 10.2. The van der Waals surface area contributed by atoms with Gasteiger partial charge in [-0.15, -0.1) is 4.68 Å². The summed E-state index contributed by atoms with van der Waals surface area (Å²) in [5, 5.41) is 8.00. The first kappa shape index (κ1) is 8.11. The molecule has 0 bridgehead atoms. The van der Waals surface area contributed by atoms with E-state index in [4.69, 9.17) is 0 Å². The lowest BCUT2D eigenvalue weighted by Crippen LogP contribution is -2.00. The fraction of sp³-hybridized carbons (Fsp3) is 0.625. The van der Waals surface area contributed by atoms with Gasteiger partial charge in [0, 0.05) is 5.92 Å². The zero-order valence-electron chi connectivity index (χ0n) is 7.50. The maximum Gasteiger partial charge on any atom is 0.224 e. The second kappa shape index (κ2) is 2.95. The smallest absolute Gasteiger partial charge is 0.107 e. The topological polar surface area (TPSA) is 27.7 Å². The zero-order chi connectivity index (χ0) is 8.43. The van der Waals surface area contributed by atoms with Crippen molar-refractivity contribution < 1.29 is 4.68 Å². The molecule has 0 aliphatic carbocycles. The fourth-order valence-electron chi connectivity index (χ4n) is 0.760. The van der Waals surface area contributed by atoms with Gasteiger partial charge in [-0.25, -0.2) is 0 Å². The van der Waals surface area contributed by atoms with Crippen LogP contribution in [0.2, 0.25) is 0 Å². The molecule has 0 atom stereocenters. The van der Waals surface area contributed by atoms with E-state index in [-0.39, 0.29) is 0 Å². The third-order valence-electron chi connectivity index (χ3n) is 1.56. The summed E-state index contributed by atoms with van der Waals surface area (Å²) >= 11 is 0. The van der Waals surface area contributed by atoms with Crippen LogP contribution in [0.1, 0.15) is 27.7 Å². The molecule has 0 saturated heterocycles. The van der Waals surface area contributed by atoms with Crippen LogP contribution in [0.25, 0.3) is 0 Å². The number of rotatable bonds is 1. The predicted molar refractivity (Wildman–Crippen MR) is 44.4 cm³/mol. The number of nitrogens with zero attached hydrogens (tertiary/aromatic N) is 3. The van der Waals surface area contributed by atoms with E-state index in [1.807, 2.05) is 20.0 Å². The number of allylic oxidation sites excluding steroid dienone is 1. The van der Waals surface area contributed by atoms with Crippen LogP contribution in [0.15, 0.2) is 22.2 Å². The minimum absolute atomic E-state index is 0.461. The predicted octanol–water partition coefficient (Wildman–Crippen LogP) is 2.36. The van der Waals surface area contributed by atoms with E-state index in [0.717, 1.165) is 11.4 Å². The molecule has 3 heteroatoms. The Bertz CT molecular complexity index is 242. The second-order valence-electron chi connectivity index (χ2n) is 3.19. The van der Waals surface area contributed by atoms with Crippen molar-refractivity contribution in [2.45, 2.75) is 27.7 Å². The SMILES string of the molecule is CC(C)=[N+]1C=C(C(C)C)N=N1. The van der Waals surface area contributed by atoms with Crippen molar-refractivity contribution in [3.63, 3.8) is 0 Å². The molecular weight excluding hydrogens is 138 g/mol. The Morgan fingerprint density at radius 1 is 1.45 bits per heavy atom. The van der Waals surface area contributed by atoms with Crippen LogP contribution in [0.4, 0.5) is 0 Å². The van der Waals surface area contributed by atoms with Crippen molar-refractivity contribution in [1.82, 2.24) is 0 Å². The number of hydrogen-bond acceptors (Lipinski definition) is 2. The zero-order valence-corrected chi connectivity index (χ0v) is 7.50. The minimum Gasteiger partial charge on any atom is -0.107 e. The van der Waals surface area contributed by atoms with Gasteiger partial charge in [0.1, 0.15) is 10.9 Å². The Morgan fingerprint density at radius 3 is 2.36 bits per heavy atom. The van der Waals surface area contributed by atoms with Crippen molar-refractivity contribution in [2.75, 3.05) is 0 Å². The van der Waals surface area contributed by atoms with Gasteiger partial charge in [-0.05, 0) is 13.8 Å². The molecule has 60 valence electrons. The van der Waals surface area contributed by atoms with Gasteiger partial charge in [-0.3, -0.25) is 0 Å². The van der Waals surface area contributed by atoms with E-state index in [9.17, 15) is 0 Å². The molecule has 3 nitrogen and oxygen atoms in total. The maximum absolute atomic E-state index is 4.03. The molecule has 0 amide bonds. The molecule has 11 heavy (non-hydrogen) atoms. The lowest BCUT2D eigenvalue weighted by Gasteiger charge is -1.89. The van der Waals surface area contributed by atoms with Crippen molar-refractivity contribution in [3.05, 3.63) is 11.9 Å². The molecule has 1 heterocycles. The standard InChI is InChI=1S/C8H14N3/c1-6(2)8-5-11(7(3)4)10-9-8/h5-6H,1-4H3/q+1. The summed E-state index contributed by atoms with van der Waals surface area (Å²) in [4.78, 5) is 0. The Kier molecular flexibility index (Phi) is 2.17. The second-order valence-corrected chi connectivity index (χ2v) is 3.19. The molecule has 0 aromatic carbocycles. The van der Waals surface area contributed by atoms with E-state index < -0.39 is 0 Å². The molecule has 0 unspecified atom stereocenters. The van der Waals surface area contributed by atoms with Crippen LogP contribution in [0, 0.1) is 5.92 Å². The average Bonchev–Trinajstić information content (AvgIpc) is 2.33. The van der Waals surface area contributed by atoms with Gasteiger partial charge in [0.25, 0.3) is 0 Å². The fourth-order valence-corrected chi connectivity index (χ4v) is 0.760. The van der Waals surface area contributed by atoms with E-state index in [1.165, 1.54) is 0 Å². The first-order chi connectivity index (χ1) is 5.11. The molecule has 0 spiro atoms. The molecule has 0 saturated carbocycles. The summed E-state index contributed by atoms with van der Waals surface area (Å²) in [6.07, 6.45) is 1.97. The highest BCUT2D eigenvalue weighted by Gasteiger charge is 2.18. The van der Waals surface area contributed by atoms with Gasteiger partial charge >= 0.3 is 0 Å². The Labute approximate surface area is 67.1 Å². The van der Waals surface area contributed by atoms with E-state index in [1.54, 1.807) is 4.68 Å². The summed E-state index contributed by atoms with van der Waals surface area (Å²) in [5.41, 5.74) is 2.19. The van der Waals surface area contributed by atoms with Crippen molar-refractivity contribution in [3.8, 4) is 0 Å². The molecule has 0 radical (unpaired) electrons. The normalized spacial score (nSPS) is 16.1. The Hall–Kier alpha value is -0.990. The summed E-state index contributed by atoms with van der Waals surface area (Å²) in [7, 11) is 0. The van der Waals surface area contributed by atoms with E-state index in [0.29, 0.717) is 5.92 Å². The Balaban J connectivity index is 2.88. The van der Waals surface area contributed by atoms with Gasteiger partial charge < -0.3 is 0 Å². The quantitative estimate of drug-likeness (QED) is 0.516. The summed E-state index contributed by atoms with van der Waals surface area (Å²) in [6.45, 7) is 8.25. The minimum atomic E-state index is 0.461. The monoisotopic (exact) mass is 152 g/mol. The van der Waals surface area contributed by atoms with Gasteiger partial charge in [0.2, 0.25) is 5.70 Å². The maximum atomic E-state index is 4.03. The summed E-state index contributed by atoms with van der Waals surface area (Å²) in [6, 6.07) is 0. The van der Waals surface area contributed by atoms with Crippen LogP contribution in [-0.2, 0) is 0 Å². The van der Waals surface area contributed by atoms with Crippen molar-refractivity contribution >= 4 is 5.71 Å². The van der Waals surface area contributed by atoms with Gasteiger partial charge in [0.05, 0.1) is 5.11 Å². The van der Waals surface area contributed by atoms with Crippen LogP contribution < -0.4 is 0 Å². The first-order valence-corrected chi connectivity index (χ1v) is 3.84. The van der Waals surface area contributed by atoms with Crippen molar-refractivity contribution in [1.29, 1.82) is 0 Å². The molecule has 0 fully saturated rings. The highest BCUT2D eigenvalue weighted by Crippen LogP contribution is 2.16. The largest absolute Gasteiger partial charge is 0.224 e. The van der Waals surface area contributed by atoms with Crippen molar-refractivity contribution in [2.24, 2.45) is 16.3 Å². The van der Waals surface area contributed by atoms with Gasteiger partial charge in [-0.2, -0.15) is 0 Å². The molecule has 0 N–H and O–H groups in total. The van der Waals surface area contributed by atoms with E-state index in [2.05, 4.69) is 24.2 Å². The summed E-state index contributed by atoms with van der Waals surface area (Å²) in [5.74, 6) is 0.461. The molecule has 0 aromatic heterocycles. The Morgan fingerprint density at radius 2 is 2.09 bits per heavy atom. The third kappa shape index (κ3) is 1.73. The lowest BCUT2D eigenvalue weighted by molar-refractivity contribution is -0.465. The van der Waals surface area contributed by atoms with Gasteiger partial charge in [0.15, 0.2) is 6.20 Å². The molecule has 0 aromatic rings. The first-order valence-electron chi connectivity index (χ1n) is 3.84. The van der Waals surface area contributed by atoms with Gasteiger partial charge in [-0.1, -0.05) is 13.8 Å². The van der Waals surface area contributed by atoms with Crippen LogP contribution in [-0.4, -0.2) is 10.4 Å². The molecular formula is C8H14N3+. The highest BCUT2D eigenvalue weighted by atomic mass is 15.5. The number of hydrogen-bond donors (Lipinski definition) is 0. The van der Waals surface area contributed by atoms with Crippen LogP contribution in [0.5, 0.6) is 0 Å². The van der Waals surface area contributed by atoms with E-state index >= 15 is 0 Å². The molecule has 1 aliphatic rings. The van der Waals surface area contributed by atoms with Crippen LogP contribution in [0.3, 0.4) is 0 Å². The third-order valence-corrected chi connectivity index (χ3v) is 1.56. The average molecular weight is 152 g/mol. The summed E-state index contributed by atoms with van der Waals surface area (Å²) < 4.78 is 1.80. The molecule has 1 rings (SSSR count).